The smallest absolute Gasteiger partial charge is 0.233 e. The highest BCUT2D eigenvalue weighted by atomic mass is 16.2. The number of carbonyl (C=O) groups is 1. The first-order chi connectivity index (χ1) is 13.7. The summed E-state index contributed by atoms with van der Waals surface area (Å²) < 4.78 is 0. The van der Waals surface area contributed by atoms with Gasteiger partial charge in [0.15, 0.2) is 0 Å². The molecule has 2 aromatic rings. The van der Waals surface area contributed by atoms with Gasteiger partial charge in [0.2, 0.25) is 5.91 Å². The van der Waals surface area contributed by atoms with E-state index in [0.717, 1.165) is 45.3 Å². The number of likely N-dealkylation sites (N-methyl/N-ethyl adjacent to an activating group) is 1. The fourth-order valence-corrected chi connectivity index (χ4v) is 5.18. The highest BCUT2D eigenvalue weighted by molar-refractivity contribution is 5.89. The van der Waals surface area contributed by atoms with Crippen LogP contribution in [0.15, 0.2) is 60.7 Å². The maximum absolute atomic E-state index is 14.0. The molecule has 28 heavy (non-hydrogen) atoms. The largest absolute Gasteiger partial charge is 0.337 e. The molecule has 2 fully saturated rings. The van der Waals surface area contributed by atoms with Crippen LogP contribution < -0.4 is 0 Å². The molecule has 1 aliphatic carbocycles. The molecule has 3 nitrogen and oxygen atoms in total. The van der Waals surface area contributed by atoms with Crippen LogP contribution in [0.1, 0.15) is 55.7 Å². The summed E-state index contributed by atoms with van der Waals surface area (Å²) in [6, 6.07) is 21.2. The van der Waals surface area contributed by atoms with Crippen molar-refractivity contribution in [2.24, 2.45) is 0 Å². The van der Waals surface area contributed by atoms with Crippen molar-refractivity contribution in [3.05, 3.63) is 71.8 Å². The van der Waals surface area contributed by atoms with E-state index in [9.17, 15) is 4.79 Å². The Kier molecular flexibility index (Phi) is 5.82. The van der Waals surface area contributed by atoms with E-state index < -0.39 is 0 Å². The highest BCUT2D eigenvalue weighted by Gasteiger charge is 2.45. The lowest BCUT2D eigenvalue weighted by atomic mass is 9.77. The second-order valence-electron chi connectivity index (χ2n) is 8.51. The van der Waals surface area contributed by atoms with Crippen LogP contribution in [0.25, 0.3) is 0 Å². The zero-order valence-corrected chi connectivity index (χ0v) is 17.0. The van der Waals surface area contributed by atoms with E-state index in [1.807, 2.05) is 13.1 Å². The second-order valence-corrected chi connectivity index (χ2v) is 8.51. The van der Waals surface area contributed by atoms with Crippen molar-refractivity contribution >= 4 is 5.91 Å². The van der Waals surface area contributed by atoms with Crippen molar-refractivity contribution in [1.82, 2.24) is 9.80 Å². The topological polar surface area (TPSA) is 23.6 Å². The standard InChI is InChI=1S/C25H32N2O/c1-26(23(20-27-18-10-11-19-27)21-12-4-2-5-13-21)24(28)25(16-8-9-17-25)22-14-6-3-7-15-22/h2-7,12-15,23H,8-11,16-20H2,1H3/t23-/m1/s1. The Bertz CT molecular complexity index is 762. The van der Waals surface area contributed by atoms with Gasteiger partial charge >= 0.3 is 0 Å². The lowest BCUT2D eigenvalue weighted by Gasteiger charge is -2.38. The molecular formula is C25H32N2O. The molecule has 1 aliphatic heterocycles. The van der Waals surface area contributed by atoms with E-state index in [-0.39, 0.29) is 11.5 Å². The van der Waals surface area contributed by atoms with Crippen LogP contribution in [-0.2, 0) is 10.2 Å². The van der Waals surface area contributed by atoms with Crippen LogP contribution >= 0.6 is 0 Å². The third-order valence-corrected chi connectivity index (χ3v) is 6.79. The fraction of sp³-hybridized carbons (Fsp3) is 0.480. The van der Waals surface area contributed by atoms with E-state index in [2.05, 4.69) is 64.4 Å². The number of amides is 1. The van der Waals surface area contributed by atoms with Crippen LogP contribution in [0.5, 0.6) is 0 Å². The molecule has 148 valence electrons. The molecular weight excluding hydrogens is 344 g/mol. The minimum Gasteiger partial charge on any atom is -0.337 e. The predicted molar refractivity (Wildman–Crippen MR) is 114 cm³/mol. The van der Waals surface area contributed by atoms with E-state index in [1.165, 1.54) is 24.0 Å². The van der Waals surface area contributed by atoms with Gasteiger partial charge in [0.25, 0.3) is 0 Å². The summed E-state index contributed by atoms with van der Waals surface area (Å²) >= 11 is 0. The number of nitrogens with zero attached hydrogens (tertiary/aromatic N) is 2. The number of likely N-dealkylation sites (tertiary alicyclic amines) is 1. The Morgan fingerprint density at radius 3 is 2.11 bits per heavy atom. The molecule has 1 atom stereocenters. The first-order valence-electron chi connectivity index (χ1n) is 10.8. The molecule has 0 unspecified atom stereocenters. The number of carbonyl (C=O) groups excluding carboxylic acids is 1. The molecule has 1 amide bonds. The van der Waals surface area contributed by atoms with Gasteiger partial charge in [-0.1, -0.05) is 73.5 Å². The summed E-state index contributed by atoms with van der Waals surface area (Å²) in [6.45, 7) is 3.22. The molecule has 0 bridgehead atoms. The molecule has 0 spiro atoms. The van der Waals surface area contributed by atoms with Gasteiger partial charge in [0.1, 0.15) is 0 Å². The van der Waals surface area contributed by atoms with Crippen LogP contribution in [0.2, 0.25) is 0 Å². The van der Waals surface area contributed by atoms with Gasteiger partial charge in [0, 0.05) is 13.6 Å². The molecule has 3 heteroatoms. The van der Waals surface area contributed by atoms with Gasteiger partial charge in [0.05, 0.1) is 11.5 Å². The monoisotopic (exact) mass is 376 g/mol. The predicted octanol–water partition coefficient (Wildman–Crippen LogP) is 4.79. The van der Waals surface area contributed by atoms with Crippen molar-refractivity contribution in [3.63, 3.8) is 0 Å². The Morgan fingerprint density at radius 2 is 1.50 bits per heavy atom. The van der Waals surface area contributed by atoms with E-state index in [4.69, 9.17) is 0 Å². The van der Waals surface area contributed by atoms with E-state index in [0.29, 0.717) is 5.91 Å². The maximum atomic E-state index is 14.0. The third kappa shape index (κ3) is 3.73. The molecule has 4 rings (SSSR count). The molecule has 2 aliphatic rings. The highest BCUT2D eigenvalue weighted by Crippen LogP contribution is 2.43. The number of benzene rings is 2. The third-order valence-electron chi connectivity index (χ3n) is 6.79. The maximum Gasteiger partial charge on any atom is 0.233 e. The van der Waals surface area contributed by atoms with Gasteiger partial charge in [-0.15, -0.1) is 0 Å². The lowest BCUT2D eigenvalue weighted by molar-refractivity contribution is -0.138. The Hall–Kier alpha value is -2.13. The molecule has 1 saturated heterocycles. The summed E-state index contributed by atoms with van der Waals surface area (Å²) in [7, 11) is 2.03. The lowest BCUT2D eigenvalue weighted by Crippen LogP contribution is -2.47. The van der Waals surface area contributed by atoms with E-state index in [1.54, 1.807) is 0 Å². The minimum atomic E-state index is -0.353. The second kappa shape index (κ2) is 8.48. The zero-order valence-electron chi connectivity index (χ0n) is 17.0. The summed E-state index contributed by atoms with van der Waals surface area (Å²) in [5.74, 6) is 0.296. The average Bonchev–Trinajstić information content (AvgIpc) is 3.45. The van der Waals surface area contributed by atoms with Crippen molar-refractivity contribution in [1.29, 1.82) is 0 Å². The first kappa shape index (κ1) is 19.2. The molecule has 0 radical (unpaired) electrons. The summed E-state index contributed by atoms with van der Waals surface area (Å²) in [5, 5.41) is 0. The summed E-state index contributed by atoms with van der Waals surface area (Å²) in [5.41, 5.74) is 2.08. The van der Waals surface area contributed by atoms with Crippen molar-refractivity contribution in [2.75, 3.05) is 26.7 Å². The normalized spacial score (nSPS) is 20.2. The Balaban J connectivity index is 1.64. The van der Waals surface area contributed by atoms with Crippen LogP contribution in [-0.4, -0.2) is 42.4 Å². The van der Waals surface area contributed by atoms with Crippen molar-refractivity contribution in [2.45, 2.75) is 50.0 Å². The van der Waals surface area contributed by atoms with Gasteiger partial charge < -0.3 is 9.80 Å². The molecule has 2 aromatic carbocycles. The quantitative estimate of drug-likeness (QED) is 0.723. The van der Waals surface area contributed by atoms with Crippen LogP contribution in [0, 0.1) is 0 Å². The first-order valence-corrected chi connectivity index (χ1v) is 10.8. The molecule has 0 N–H and O–H groups in total. The van der Waals surface area contributed by atoms with Crippen LogP contribution in [0.3, 0.4) is 0 Å². The minimum absolute atomic E-state index is 0.105. The van der Waals surface area contributed by atoms with Crippen LogP contribution in [0.4, 0.5) is 0 Å². The molecule has 1 saturated carbocycles. The summed E-state index contributed by atoms with van der Waals surface area (Å²) in [6.07, 6.45) is 6.74. The number of hydrogen-bond acceptors (Lipinski definition) is 2. The fourth-order valence-electron chi connectivity index (χ4n) is 5.18. The van der Waals surface area contributed by atoms with Gasteiger partial charge in [-0.25, -0.2) is 0 Å². The SMILES string of the molecule is CN(C(=O)C1(c2ccccc2)CCCC1)[C@H](CN1CCCC1)c1ccccc1. The van der Waals surface area contributed by atoms with Crippen molar-refractivity contribution in [3.8, 4) is 0 Å². The van der Waals surface area contributed by atoms with E-state index >= 15 is 0 Å². The van der Waals surface area contributed by atoms with Crippen molar-refractivity contribution < 1.29 is 4.79 Å². The molecule has 0 aromatic heterocycles. The van der Waals surface area contributed by atoms with Gasteiger partial charge in [-0.05, 0) is 49.9 Å². The van der Waals surface area contributed by atoms with Gasteiger partial charge in [-0.3, -0.25) is 4.79 Å². The summed E-state index contributed by atoms with van der Waals surface area (Å²) in [4.78, 5) is 18.5. The zero-order chi connectivity index (χ0) is 19.4. The average molecular weight is 377 g/mol. The number of hydrogen-bond donors (Lipinski definition) is 0. The number of rotatable bonds is 6. The Labute approximate surface area is 169 Å². The molecule has 1 heterocycles. The Morgan fingerprint density at radius 1 is 0.929 bits per heavy atom. The van der Waals surface area contributed by atoms with Gasteiger partial charge in [-0.2, -0.15) is 0 Å².